The molecule has 0 fully saturated rings. The summed E-state index contributed by atoms with van der Waals surface area (Å²) in [6, 6.07) is 5.24. The summed E-state index contributed by atoms with van der Waals surface area (Å²) in [5, 5.41) is 24.5. The molecule has 0 unspecified atom stereocenters. The number of aliphatic hydroxyl groups is 2. The number of hydrogen-bond donors (Lipinski definition) is 3. The number of rotatable bonds is 3. The first-order chi connectivity index (χ1) is 7.69. The SMILES string of the molecule is C/C=C/c1ccc(O)c(OC)c1.OCCO. The summed E-state index contributed by atoms with van der Waals surface area (Å²) in [5.41, 5.74) is 1.02. The Morgan fingerprint density at radius 3 is 2.31 bits per heavy atom. The molecule has 4 heteroatoms. The highest BCUT2D eigenvalue weighted by molar-refractivity contribution is 5.55. The molecule has 0 heterocycles. The van der Waals surface area contributed by atoms with E-state index in [4.69, 9.17) is 14.9 Å². The van der Waals surface area contributed by atoms with E-state index in [1.54, 1.807) is 12.1 Å². The second-order valence-corrected chi connectivity index (χ2v) is 2.88. The van der Waals surface area contributed by atoms with Crippen molar-refractivity contribution in [3.05, 3.63) is 29.8 Å². The molecule has 0 aliphatic rings. The normalized spacial score (nSPS) is 9.75. The van der Waals surface area contributed by atoms with Crippen LogP contribution in [0.15, 0.2) is 24.3 Å². The van der Waals surface area contributed by atoms with E-state index in [0.717, 1.165) is 5.56 Å². The Bertz CT molecular complexity index is 319. The third kappa shape index (κ3) is 5.38. The third-order valence-corrected chi connectivity index (χ3v) is 1.66. The van der Waals surface area contributed by atoms with Crippen LogP contribution in [0.4, 0.5) is 0 Å². The van der Waals surface area contributed by atoms with Gasteiger partial charge in [-0.05, 0) is 24.6 Å². The van der Waals surface area contributed by atoms with E-state index >= 15 is 0 Å². The van der Waals surface area contributed by atoms with Gasteiger partial charge < -0.3 is 20.1 Å². The van der Waals surface area contributed by atoms with E-state index in [2.05, 4.69) is 0 Å². The van der Waals surface area contributed by atoms with Gasteiger partial charge in [0.05, 0.1) is 20.3 Å². The van der Waals surface area contributed by atoms with Gasteiger partial charge in [0.15, 0.2) is 11.5 Å². The van der Waals surface area contributed by atoms with Crippen molar-refractivity contribution in [2.24, 2.45) is 0 Å². The maximum Gasteiger partial charge on any atom is 0.161 e. The topological polar surface area (TPSA) is 69.9 Å². The first kappa shape index (κ1) is 14.5. The van der Waals surface area contributed by atoms with Gasteiger partial charge in [-0.1, -0.05) is 18.2 Å². The minimum atomic E-state index is -0.125. The van der Waals surface area contributed by atoms with Gasteiger partial charge in [-0.3, -0.25) is 0 Å². The molecule has 0 radical (unpaired) electrons. The molecule has 0 aliphatic carbocycles. The van der Waals surface area contributed by atoms with Gasteiger partial charge in [0.25, 0.3) is 0 Å². The lowest BCUT2D eigenvalue weighted by molar-refractivity contribution is 0.186. The number of phenols is 1. The molecule has 4 nitrogen and oxygen atoms in total. The van der Waals surface area contributed by atoms with Crippen molar-refractivity contribution in [2.75, 3.05) is 20.3 Å². The summed E-state index contributed by atoms with van der Waals surface area (Å²) >= 11 is 0. The zero-order valence-corrected chi connectivity index (χ0v) is 9.55. The fourth-order valence-electron chi connectivity index (χ4n) is 0.990. The standard InChI is InChI=1S/C10H12O2.C2H6O2/c1-3-4-8-5-6-9(11)10(7-8)12-2;3-1-2-4/h3-7,11H,1-2H3;3-4H,1-2H2/b4-3+;. The van der Waals surface area contributed by atoms with Crippen LogP contribution >= 0.6 is 0 Å². The molecule has 0 amide bonds. The second kappa shape index (κ2) is 8.76. The summed E-state index contributed by atoms with van der Waals surface area (Å²) in [6.45, 7) is 1.69. The second-order valence-electron chi connectivity index (χ2n) is 2.88. The van der Waals surface area contributed by atoms with Crippen LogP contribution in [0.1, 0.15) is 12.5 Å². The van der Waals surface area contributed by atoms with E-state index in [1.807, 2.05) is 25.1 Å². The average Bonchev–Trinajstić information content (AvgIpc) is 2.32. The molecule has 3 N–H and O–H groups in total. The minimum Gasteiger partial charge on any atom is -0.504 e. The number of ether oxygens (including phenoxy) is 1. The highest BCUT2D eigenvalue weighted by Crippen LogP contribution is 2.26. The van der Waals surface area contributed by atoms with E-state index in [-0.39, 0.29) is 19.0 Å². The van der Waals surface area contributed by atoms with Crippen molar-refractivity contribution >= 4 is 6.08 Å². The molecular weight excluding hydrogens is 208 g/mol. The number of methoxy groups -OCH3 is 1. The van der Waals surface area contributed by atoms with E-state index in [9.17, 15) is 5.11 Å². The van der Waals surface area contributed by atoms with Crippen molar-refractivity contribution < 1.29 is 20.1 Å². The van der Waals surface area contributed by atoms with Gasteiger partial charge >= 0.3 is 0 Å². The summed E-state index contributed by atoms with van der Waals surface area (Å²) < 4.78 is 4.95. The lowest BCUT2D eigenvalue weighted by Crippen LogP contribution is -1.85. The average molecular weight is 226 g/mol. The number of aliphatic hydroxyl groups excluding tert-OH is 2. The third-order valence-electron chi connectivity index (χ3n) is 1.66. The molecule has 90 valence electrons. The zero-order valence-electron chi connectivity index (χ0n) is 9.55. The van der Waals surface area contributed by atoms with Crippen molar-refractivity contribution in [1.29, 1.82) is 0 Å². The van der Waals surface area contributed by atoms with Gasteiger partial charge in [0.2, 0.25) is 0 Å². The molecule has 0 saturated heterocycles. The highest BCUT2D eigenvalue weighted by atomic mass is 16.5. The van der Waals surface area contributed by atoms with Crippen LogP contribution in [0, 0.1) is 0 Å². The smallest absolute Gasteiger partial charge is 0.161 e. The molecule has 0 aliphatic heterocycles. The van der Waals surface area contributed by atoms with Crippen LogP contribution in [0.3, 0.4) is 0 Å². The Morgan fingerprint density at radius 1 is 1.25 bits per heavy atom. The number of benzene rings is 1. The molecule has 0 bridgehead atoms. The Morgan fingerprint density at radius 2 is 1.88 bits per heavy atom. The fraction of sp³-hybridized carbons (Fsp3) is 0.333. The van der Waals surface area contributed by atoms with Gasteiger partial charge in [0.1, 0.15) is 0 Å². The maximum atomic E-state index is 9.25. The van der Waals surface area contributed by atoms with Crippen molar-refractivity contribution in [2.45, 2.75) is 6.92 Å². The van der Waals surface area contributed by atoms with Crippen molar-refractivity contribution in [3.8, 4) is 11.5 Å². The molecule has 1 aromatic carbocycles. The first-order valence-corrected chi connectivity index (χ1v) is 4.91. The minimum absolute atomic E-state index is 0.125. The molecule has 1 aromatic rings. The van der Waals surface area contributed by atoms with Crippen molar-refractivity contribution in [1.82, 2.24) is 0 Å². The van der Waals surface area contributed by atoms with E-state index < -0.39 is 0 Å². The van der Waals surface area contributed by atoms with Gasteiger partial charge in [-0.2, -0.15) is 0 Å². The molecular formula is C12H18O4. The predicted octanol–water partition coefficient (Wildman–Crippen LogP) is 1.40. The lowest BCUT2D eigenvalue weighted by atomic mass is 10.2. The zero-order chi connectivity index (χ0) is 12.4. The number of phenolic OH excluding ortho intramolecular Hbond substituents is 1. The number of allylic oxidation sites excluding steroid dienone is 1. The lowest BCUT2D eigenvalue weighted by Gasteiger charge is -2.03. The van der Waals surface area contributed by atoms with Gasteiger partial charge in [-0.15, -0.1) is 0 Å². The fourth-order valence-corrected chi connectivity index (χ4v) is 0.990. The van der Waals surface area contributed by atoms with Gasteiger partial charge in [0, 0.05) is 0 Å². The van der Waals surface area contributed by atoms with E-state index in [1.165, 1.54) is 7.11 Å². The summed E-state index contributed by atoms with van der Waals surface area (Å²) in [5.74, 6) is 0.677. The first-order valence-electron chi connectivity index (χ1n) is 4.91. The summed E-state index contributed by atoms with van der Waals surface area (Å²) in [4.78, 5) is 0. The quantitative estimate of drug-likeness (QED) is 0.728. The maximum absolute atomic E-state index is 9.25. The molecule has 0 atom stereocenters. The van der Waals surface area contributed by atoms with Crippen LogP contribution in [0.5, 0.6) is 11.5 Å². The molecule has 1 rings (SSSR count). The van der Waals surface area contributed by atoms with Crippen LogP contribution in [-0.4, -0.2) is 35.6 Å². The Hall–Kier alpha value is -1.52. The van der Waals surface area contributed by atoms with Crippen LogP contribution in [0.25, 0.3) is 6.08 Å². The molecule has 0 aromatic heterocycles. The van der Waals surface area contributed by atoms with Crippen molar-refractivity contribution in [3.63, 3.8) is 0 Å². The summed E-state index contributed by atoms with van der Waals surface area (Å²) in [6.07, 6.45) is 3.88. The Balaban J connectivity index is 0.000000487. The number of hydrogen-bond acceptors (Lipinski definition) is 4. The molecule has 0 saturated carbocycles. The van der Waals surface area contributed by atoms with Gasteiger partial charge in [-0.25, -0.2) is 0 Å². The Kier molecular flexibility index (Phi) is 7.93. The molecule has 16 heavy (non-hydrogen) atoms. The van der Waals surface area contributed by atoms with Crippen LogP contribution < -0.4 is 4.74 Å². The molecule has 0 spiro atoms. The highest BCUT2D eigenvalue weighted by Gasteiger charge is 1.99. The van der Waals surface area contributed by atoms with E-state index in [0.29, 0.717) is 5.75 Å². The van der Waals surface area contributed by atoms with Crippen LogP contribution in [-0.2, 0) is 0 Å². The largest absolute Gasteiger partial charge is 0.504 e. The Labute approximate surface area is 95.4 Å². The predicted molar refractivity (Wildman–Crippen MR) is 63.5 cm³/mol. The summed E-state index contributed by atoms with van der Waals surface area (Å²) in [7, 11) is 1.54. The van der Waals surface area contributed by atoms with Crippen LogP contribution in [0.2, 0.25) is 0 Å². The monoisotopic (exact) mass is 226 g/mol. The number of aromatic hydroxyl groups is 1.